The fourth-order valence-electron chi connectivity index (χ4n) is 2.63. The van der Waals surface area contributed by atoms with Gasteiger partial charge in [0, 0.05) is 16.5 Å². The van der Waals surface area contributed by atoms with Crippen LogP contribution in [0.4, 0.5) is 0 Å². The number of carbonyl (C=O) groups excluding carboxylic acids is 2. The van der Waals surface area contributed by atoms with E-state index in [0.29, 0.717) is 5.03 Å². The Morgan fingerprint density at radius 2 is 1.89 bits per heavy atom. The van der Waals surface area contributed by atoms with Gasteiger partial charge in [-0.25, -0.2) is 4.79 Å². The van der Waals surface area contributed by atoms with Crippen molar-refractivity contribution in [1.29, 1.82) is 0 Å². The maximum atomic E-state index is 12.1. The Labute approximate surface area is 120 Å². The van der Waals surface area contributed by atoms with Crippen molar-refractivity contribution < 1.29 is 14.3 Å². The molecule has 18 heavy (non-hydrogen) atoms. The monoisotopic (exact) mass is 308 g/mol. The molecule has 2 aliphatic carbocycles. The highest BCUT2D eigenvalue weighted by Crippen LogP contribution is 2.49. The minimum atomic E-state index is -0.715. The molecule has 0 aliphatic heterocycles. The first-order chi connectivity index (χ1) is 8.49. The van der Waals surface area contributed by atoms with Gasteiger partial charge in [0.2, 0.25) is 5.78 Å². The molecule has 98 valence electrons. The van der Waals surface area contributed by atoms with Gasteiger partial charge in [-0.3, -0.25) is 4.79 Å². The third-order valence-electron chi connectivity index (χ3n) is 3.47. The number of carbonyl (C=O) groups is 2. The van der Waals surface area contributed by atoms with Crippen LogP contribution in [0.3, 0.4) is 0 Å². The summed E-state index contributed by atoms with van der Waals surface area (Å²) in [5, 5.41) is 0.181. The van der Waals surface area contributed by atoms with Crippen LogP contribution in [-0.4, -0.2) is 18.9 Å². The first-order valence-corrected chi connectivity index (χ1v) is 6.70. The van der Waals surface area contributed by atoms with Crippen molar-refractivity contribution >= 4 is 46.6 Å². The van der Waals surface area contributed by atoms with E-state index in [0.717, 1.165) is 19.3 Å². The molecule has 1 fully saturated rings. The number of halogens is 3. The van der Waals surface area contributed by atoms with E-state index in [1.54, 1.807) is 0 Å². The second-order valence-corrected chi connectivity index (χ2v) is 5.52. The number of esters is 1. The summed E-state index contributed by atoms with van der Waals surface area (Å²) in [6.07, 6.45) is 2.55. The quantitative estimate of drug-likeness (QED) is 0.551. The van der Waals surface area contributed by atoms with Gasteiger partial charge in [-0.1, -0.05) is 41.2 Å². The Balaban J connectivity index is 2.55. The SMILES string of the molecule is COC(=O)/C(Cl)=C1\C(=O)C(Cl)=C(Cl)[C@@H]2CCC[C@H]12. The van der Waals surface area contributed by atoms with E-state index in [1.807, 2.05) is 0 Å². The Bertz CT molecular complexity index is 479. The van der Waals surface area contributed by atoms with Gasteiger partial charge in [0.1, 0.15) is 10.1 Å². The number of rotatable bonds is 1. The van der Waals surface area contributed by atoms with E-state index in [2.05, 4.69) is 4.74 Å². The van der Waals surface area contributed by atoms with Gasteiger partial charge in [0.05, 0.1) is 7.11 Å². The number of allylic oxidation sites excluding steroid dienone is 3. The van der Waals surface area contributed by atoms with E-state index in [4.69, 9.17) is 34.8 Å². The van der Waals surface area contributed by atoms with Crippen molar-refractivity contribution in [3.05, 3.63) is 20.7 Å². The van der Waals surface area contributed by atoms with Crippen LogP contribution >= 0.6 is 34.8 Å². The van der Waals surface area contributed by atoms with Crippen LogP contribution in [0.1, 0.15) is 19.3 Å². The lowest BCUT2D eigenvalue weighted by Gasteiger charge is -2.27. The number of hydrogen-bond donors (Lipinski definition) is 0. The first-order valence-electron chi connectivity index (χ1n) is 5.56. The summed E-state index contributed by atoms with van der Waals surface area (Å²) >= 11 is 18.0. The average Bonchev–Trinajstić information content (AvgIpc) is 2.84. The molecule has 0 bridgehead atoms. The summed E-state index contributed by atoms with van der Waals surface area (Å²) in [4.78, 5) is 23.6. The van der Waals surface area contributed by atoms with E-state index >= 15 is 0 Å². The number of fused-ring (bicyclic) bond motifs is 1. The largest absolute Gasteiger partial charge is 0.465 e. The highest BCUT2D eigenvalue weighted by molar-refractivity contribution is 6.53. The molecule has 1 saturated carbocycles. The van der Waals surface area contributed by atoms with Gasteiger partial charge in [-0.15, -0.1) is 0 Å². The second kappa shape index (κ2) is 5.24. The van der Waals surface area contributed by atoms with Crippen LogP contribution in [-0.2, 0) is 14.3 Å². The number of methoxy groups -OCH3 is 1. The van der Waals surface area contributed by atoms with E-state index in [1.165, 1.54) is 7.11 Å². The summed E-state index contributed by atoms with van der Waals surface area (Å²) in [7, 11) is 1.22. The van der Waals surface area contributed by atoms with Crippen LogP contribution in [0, 0.1) is 11.8 Å². The highest BCUT2D eigenvalue weighted by atomic mass is 35.5. The molecule has 3 nitrogen and oxygen atoms in total. The zero-order chi connectivity index (χ0) is 13.4. The summed E-state index contributed by atoms with van der Waals surface area (Å²) in [6.45, 7) is 0. The molecule has 0 aromatic carbocycles. The topological polar surface area (TPSA) is 43.4 Å². The average molecular weight is 310 g/mol. The molecule has 0 heterocycles. The summed E-state index contributed by atoms with van der Waals surface area (Å²) in [6, 6.07) is 0. The maximum Gasteiger partial charge on any atom is 0.349 e. The van der Waals surface area contributed by atoms with Crippen LogP contribution in [0.15, 0.2) is 20.7 Å². The molecule has 0 saturated heterocycles. The van der Waals surface area contributed by atoms with Crippen molar-refractivity contribution in [1.82, 2.24) is 0 Å². The minimum Gasteiger partial charge on any atom is -0.465 e. The standard InChI is InChI=1S/C12H11Cl3O3/c1-18-12(17)9(14)7-5-3-2-4-6(5)8(13)10(15)11(7)16/h5-6H,2-4H2,1H3/b9-7+/t5-,6+/m0/s1. The molecule has 0 unspecified atom stereocenters. The molecule has 0 amide bonds. The molecule has 2 rings (SSSR count). The second-order valence-electron chi connectivity index (χ2n) is 4.35. The van der Waals surface area contributed by atoms with Gasteiger partial charge in [-0.2, -0.15) is 0 Å². The van der Waals surface area contributed by atoms with Crippen molar-refractivity contribution in [2.45, 2.75) is 19.3 Å². The van der Waals surface area contributed by atoms with E-state index in [-0.39, 0.29) is 27.5 Å². The summed E-state index contributed by atoms with van der Waals surface area (Å²) in [5.41, 5.74) is 0.250. The normalized spacial score (nSPS) is 30.3. The van der Waals surface area contributed by atoms with E-state index < -0.39 is 11.8 Å². The highest BCUT2D eigenvalue weighted by Gasteiger charge is 2.43. The zero-order valence-corrected chi connectivity index (χ0v) is 11.9. The Morgan fingerprint density at radius 1 is 1.28 bits per heavy atom. The molecule has 0 radical (unpaired) electrons. The van der Waals surface area contributed by atoms with E-state index in [9.17, 15) is 9.59 Å². The van der Waals surface area contributed by atoms with Crippen LogP contribution < -0.4 is 0 Å². The number of Topliss-reactive ketones (excluding diaryl/α,β-unsaturated/α-hetero) is 1. The van der Waals surface area contributed by atoms with Crippen molar-refractivity contribution in [3.8, 4) is 0 Å². The molecule has 0 aromatic heterocycles. The number of ether oxygens (including phenoxy) is 1. The molecule has 0 aromatic rings. The predicted octanol–water partition coefficient (Wildman–Crippen LogP) is 3.34. The minimum absolute atomic E-state index is 0.00901. The van der Waals surface area contributed by atoms with Gasteiger partial charge < -0.3 is 4.74 Å². The van der Waals surface area contributed by atoms with Gasteiger partial charge in [0.25, 0.3) is 0 Å². The zero-order valence-electron chi connectivity index (χ0n) is 9.63. The Morgan fingerprint density at radius 3 is 2.50 bits per heavy atom. The van der Waals surface area contributed by atoms with Gasteiger partial charge >= 0.3 is 5.97 Å². The van der Waals surface area contributed by atoms with Gasteiger partial charge in [0.15, 0.2) is 0 Å². The maximum absolute atomic E-state index is 12.1. The Hall–Kier alpha value is -0.510. The molecule has 0 spiro atoms. The Kier molecular flexibility index (Phi) is 4.05. The number of hydrogen-bond acceptors (Lipinski definition) is 3. The fraction of sp³-hybridized carbons (Fsp3) is 0.500. The molecule has 6 heteroatoms. The molecular formula is C12H11Cl3O3. The van der Waals surface area contributed by atoms with Crippen LogP contribution in [0.25, 0.3) is 0 Å². The third kappa shape index (κ3) is 2.09. The van der Waals surface area contributed by atoms with Crippen LogP contribution in [0.5, 0.6) is 0 Å². The lowest BCUT2D eigenvalue weighted by molar-refractivity contribution is -0.135. The van der Waals surface area contributed by atoms with Crippen molar-refractivity contribution in [2.24, 2.45) is 11.8 Å². The molecular weight excluding hydrogens is 298 g/mol. The first kappa shape index (κ1) is 13.9. The van der Waals surface area contributed by atoms with Gasteiger partial charge in [-0.05, 0) is 18.8 Å². The summed E-state index contributed by atoms with van der Waals surface area (Å²) < 4.78 is 4.55. The predicted molar refractivity (Wildman–Crippen MR) is 69.5 cm³/mol. The van der Waals surface area contributed by atoms with Crippen molar-refractivity contribution in [3.63, 3.8) is 0 Å². The smallest absolute Gasteiger partial charge is 0.349 e. The molecule has 0 N–H and O–H groups in total. The molecule has 2 atom stereocenters. The van der Waals surface area contributed by atoms with Crippen LogP contribution in [0.2, 0.25) is 0 Å². The fourth-order valence-corrected chi connectivity index (χ4v) is 3.52. The van der Waals surface area contributed by atoms with Crippen molar-refractivity contribution in [2.75, 3.05) is 7.11 Å². The lowest BCUT2D eigenvalue weighted by Crippen LogP contribution is -2.27. The number of ketones is 1. The third-order valence-corrected chi connectivity index (χ3v) is 4.77. The molecule has 2 aliphatic rings. The summed E-state index contributed by atoms with van der Waals surface area (Å²) in [5.74, 6) is -1.31. The lowest BCUT2D eigenvalue weighted by atomic mass is 9.81.